The summed E-state index contributed by atoms with van der Waals surface area (Å²) in [7, 11) is 0. The normalized spacial score (nSPS) is 17.5. The van der Waals surface area contributed by atoms with Crippen LogP contribution in [0.2, 0.25) is 0 Å². The number of carbonyl (C=O) groups is 1. The molecule has 1 amide bonds. The largest absolute Gasteiger partial charge is 0.346 e. The van der Waals surface area contributed by atoms with Crippen LogP contribution in [-0.2, 0) is 19.4 Å². The van der Waals surface area contributed by atoms with Gasteiger partial charge in [0.2, 0.25) is 0 Å². The molecule has 22 heavy (non-hydrogen) atoms. The molecule has 0 spiro atoms. The molecule has 1 unspecified atom stereocenters. The van der Waals surface area contributed by atoms with E-state index in [1.54, 1.807) is 22.7 Å². The molecule has 118 valence electrons. The summed E-state index contributed by atoms with van der Waals surface area (Å²) in [6, 6.07) is 2.09. The molecular weight excluding hydrogens is 312 g/mol. The average Bonchev–Trinajstić information content (AvgIpc) is 3.10. The first kappa shape index (κ1) is 15.7. The van der Waals surface area contributed by atoms with E-state index in [9.17, 15) is 4.79 Å². The van der Waals surface area contributed by atoms with Gasteiger partial charge in [-0.3, -0.25) is 4.79 Å². The Hall–Kier alpha value is -1.20. The van der Waals surface area contributed by atoms with Gasteiger partial charge in [0, 0.05) is 16.2 Å². The summed E-state index contributed by atoms with van der Waals surface area (Å²) in [6.07, 6.45) is 3.48. The van der Waals surface area contributed by atoms with Crippen LogP contribution in [0, 0.1) is 5.92 Å². The average molecular weight is 335 g/mol. The van der Waals surface area contributed by atoms with Crippen molar-refractivity contribution in [2.75, 3.05) is 0 Å². The van der Waals surface area contributed by atoms with E-state index in [4.69, 9.17) is 0 Å². The quantitative estimate of drug-likeness (QED) is 0.901. The van der Waals surface area contributed by atoms with E-state index in [-0.39, 0.29) is 5.91 Å². The van der Waals surface area contributed by atoms with Crippen molar-refractivity contribution >= 4 is 28.6 Å². The SMILES string of the molecule is CC1CCc2sc(C(=O)NCc3csc(C(C)C)n3)cc2C1. The van der Waals surface area contributed by atoms with E-state index in [2.05, 4.69) is 37.1 Å². The zero-order chi connectivity index (χ0) is 15.7. The molecule has 5 heteroatoms. The highest BCUT2D eigenvalue weighted by Gasteiger charge is 2.20. The molecule has 0 saturated heterocycles. The van der Waals surface area contributed by atoms with Crippen LogP contribution in [0.15, 0.2) is 11.4 Å². The third kappa shape index (κ3) is 3.41. The number of thiophene rings is 1. The number of fused-ring (bicyclic) bond motifs is 1. The molecule has 1 aliphatic carbocycles. The van der Waals surface area contributed by atoms with Crippen molar-refractivity contribution in [3.8, 4) is 0 Å². The maximum atomic E-state index is 12.3. The number of carbonyl (C=O) groups excluding carboxylic acids is 1. The Morgan fingerprint density at radius 2 is 2.32 bits per heavy atom. The summed E-state index contributed by atoms with van der Waals surface area (Å²) in [6.45, 7) is 7.08. The summed E-state index contributed by atoms with van der Waals surface area (Å²) < 4.78 is 0. The Kier molecular flexibility index (Phi) is 4.64. The van der Waals surface area contributed by atoms with Gasteiger partial charge in [-0.2, -0.15) is 0 Å². The van der Waals surface area contributed by atoms with E-state index >= 15 is 0 Å². The fourth-order valence-corrected chi connectivity index (χ4v) is 4.70. The van der Waals surface area contributed by atoms with Crippen molar-refractivity contribution in [3.63, 3.8) is 0 Å². The van der Waals surface area contributed by atoms with Gasteiger partial charge < -0.3 is 5.32 Å². The Morgan fingerprint density at radius 1 is 1.50 bits per heavy atom. The standard InChI is InChI=1S/C17H22N2OS2/c1-10(2)17-19-13(9-21-17)8-18-16(20)15-7-12-6-11(3)4-5-14(12)22-15/h7,9-11H,4-6,8H2,1-3H3,(H,18,20). The first-order valence-electron chi connectivity index (χ1n) is 7.87. The minimum atomic E-state index is 0.0335. The minimum Gasteiger partial charge on any atom is -0.346 e. The Bertz CT molecular complexity index is 672. The molecule has 1 N–H and O–H groups in total. The summed E-state index contributed by atoms with van der Waals surface area (Å²) in [5.74, 6) is 1.22. The minimum absolute atomic E-state index is 0.0335. The van der Waals surface area contributed by atoms with Gasteiger partial charge in [0.25, 0.3) is 5.91 Å². The van der Waals surface area contributed by atoms with Crippen molar-refractivity contribution in [1.29, 1.82) is 0 Å². The van der Waals surface area contributed by atoms with Crippen LogP contribution in [0.4, 0.5) is 0 Å². The predicted molar refractivity (Wildman–Crippen MR) is 92.9 cm³/mol. The second kappa shape index (κ2) is 6.50. The molecule has 0 saturated carbocycles. The van der Waals surface area contributed by atoms with Gasteiger partial charge in [0.05, 0.1) is 22.1 Å². The van der Waals surface area contributed by atoms with Crippen molar-refractivity contribution < 1.29 is 4.79 Å². The molecule has 2 heterocycles. The van der Waals surface area contributed by atoms with E-state index in [0.717, 1.165) is 34.3 Å². The van der Waals surface area contributed by atoms with Crippen LogP contribution in [0.5, 0.6) is 0 Å². The summed E-state index contributed by atoms with van der Waals surface area (Å²) in [4.78, 5) is 19.1. The van der Waals surface area contributed by atoms with E-state index in [1.807, 2.05) is 5.38 Å². The molecule has 0 fully saturated rings. The highest BCUT2D eigenvalue weighted by molar-refractivity contribution is 7.14. The van der Waals surface area contributed by atoms with Gasteiger partial charge >= 0.3 is 0 Å². The van der Waals surface area contributed by atoms with E-state index in [0.29, 0.717) is 12.5 Å². The maximum Gasteiger partial charge on any atom is 0.261 e. The first-order chi connectivity index (χ1) is 10.5. The molecule has 0 aromatic carbocycles. The van der Waals surface area contributed by atoms with Crippen LogP contribution in [0.3, 0.4) is 0 Å². The number of nitrogens with zero attached hydrogens (tertiary/aromatic N) is 1. The smallest absolute Gasteiger partial charge is 0.261 e. The Balaban J connectivity index is 1.62. The summed E-state index contributed by atoms with van der Waals surface area (Å²) in [5.41, 5.74) is 2.33. The number of aryl methyl sites for hydroxylation is 1. The molecule has 1 atom stereocenters. The number of hydrogen-bond acceptors (Lipinski definition) is 4. The van der Waals surface area contributed by atoms with Crippen LogP contribution in [0.25, 0.3) is 0 Å². The molecule has 3 nitrogen and oxygen atoms in total. The second-order valence-corrected chi connectivity index (χ2v) is 8.45. The van der Waals surface area contributed by atoms with Gasteiger partial charge in [0.1, 0.15) is 0 Å². The third-order valence-corrected chi connectivity index (χ3v) is 6.48. The van der Waals surface area contributed by atoms with Gasteiger partial charge in [-0.15, -0.1) is 22.7 Å². The lowest BCUT2D eigenvalue weighted by Crippen LogP contribution is -2.22. The highest BCUT2D eigenvalue weighted by Crippen LogP contribution is 2.32. The first-order valence-corrected chi connectivity index (χ1v) is 9.56. The zero-order valence-corrected chi connectivity index (χ0v) is 14.9. The molecule has 0 aliphatic heterocycles. The number of aromatic nitrogens is 1. The summed E-state index contributed by atoms with van der Waals surface area (Å²) in [5, 5.41) is 6.17. The lowest BCUT2D eigenvalue weighted by molar-refractivity contribution is 0.0954. The molecule has 3 rings (SSSR count). The number of rotatable bonds is 4. The third-order valence-electron chi connectivity index (χ3n) is 4.05. The Labute approximate surface area is 139 Å². The number of thiazole rings is 1. The second-order valence-electron chi connectivity index (χ2n) is 6.42. The fourth-order valence-electron chi connectivity index (χ4n) is 2.74. The van der Waals surface area contributed by atoms with Gasteiger partial charge in [-0.25, -0.2) is 4.98 Å². The van der Waals surface area contributed by atoms with E-state index in [1.165, 1.54) is 16.9 Å². The molecule has 2 aromatic rings. The summed E-state index contributed by atoms with van der Waals surface area (Å²) >= 11 is 3.33. The lowest BCUT2D eigenvalue weighted by atomic mass is 9.90. The van der Waals surface area contributed by atoms with Crippen molar-refractivity contribution in [2.24, 2.45) is 5.92 Å². The van der Waals surface area contributed by atoms with E-state index < -0.39 is 0 Å². The number of amides is 1. The van der Waals surface area contributed by atoms with Crippen molar-refractivity contribution in [1.82, 2.24) is 10.3 Å². The van der Waals surface area contributed by atoms with Crippen LogP contribution >= 0.6 is 22.7 Å². The lowest BCUT2D eigenvalue weighted by Gasteiger charge is -2.16. The maximum absolute atomic E-state index is 12.3. The molecule has 0 bridgehead atoms. The fraction of sp³-hybridized carbons (Fsp3) is 0.529. The molecule has 1 aliphatic rings. The Morgan fingerprint density at radius 3 is 3.05 bits per heavy atom. The highest BCUT2D eigenvalue weighted by atomic mass is 32.1. The molecule has 2 aromatic heterocycles. The van der Waals surface area contributed by atoms with Gasteiger partial charge in [-0.05, 0) is 36.8 Å². The van der Waals surface area contributed by atoms with Crippen LogP contribution in [0.1, 0.15) is 63.9 Å². The zero-order valence-electron chi connectivity index (χ0n) is 13.3. The molecule has 0 radical (unpaired) electrons. The number of hydrogen-bond donors (Lipinski definition) is 1. The van der Waals surface area contributed by atoms with Crippen LogP contribution < -0.4 is 5.32 Å². The van der Waals surface area contributed by atoms with Crippen molar-refractivity contribution in [2.45, 2.75) is 52.5 Å². The van der Waals surface area contributed by atoms with Gasteiger partial charge in [0.15, 0.2) is 0 Å². The predicted octanol–water partition coefficient (Wildman–Crippen LogP) is 4.38. The monoisotopic (exact) mass is 334 g/mol. The molecular formula is C17H22N2OS2. The van der Waals surface area contributed by atoms with Crippen LogP contribution in [-0.4, -0.2) is 10.9 Å². The van der Waals surface area contributed by atoms with Crippen molar-refractivity contribution in [3.05, 3.63) is 37.5 Å². The number of nitrogens with one attached hydrogen (secondary N) is 1. The van der Waals surface area contributed by atoms with Gasteiger partial charge in [-0.1, -0.05) is 20.8 Å². The topological polar surface area (TPSA) is 42.0 Å².